The van der Waals surface area contributed by atoms with Crippen molar-refractivity contribution >= 4 is 18.0 Å². The Hall–Kier alpha value is -2.97. The molecule has 1 aliphatic rings. The molecule has 1 saturated carbocycles. The maximum atomic E-state index is 12.6. The van der Waals surface area contributed by atoms with Gasteiger partial charge in [-0.3, -0.25) is 10.1 Å². The monoisotopic (exact) mass is 407 g/mol. The van der Waals surface area contributed by atoms with Crippen molar-refractivity contribution in [2.75, 3.05) is 5.32 Å². The van der Waals surface area contributed by atoms with Crippen LogP contribution in [-0.4, -0.2) is 28.8 Å². The molecule has 1 aliphatic carbocycles. The number of hydrogen-bond donors (Lipinski definition) is 1. The van der Waals surface area contributed by atoms with Crippen molar-refractivity contribution in [2.24, 2.45) is 5.92 Å². The minimum atomic E-state index is -2.96. The van der Waals surface area contributed by atoms with Gasteiger partial charge in [-0.25, -0.2) is 0 Å². The first-order chi connectivity index (χ1) is 13.7. The van der Waals surface area contributed by atoms with Crippen LogP contribution in [0.1, 0.15) is 45.1 Å². The summed E-state index contributed by atoms with van der Waals surface area (Å²) in [5.41, 5.74) is 0.393. The largest absolute Gasteiger partial charge is 0.486 e. The molecule has 0 spiro atoms. The summed E-state index contributed by atoms with van der Waals surface area (Å²) < 4.78 is 40.9. The van der Waals surface area contributed by atoms with Gasteiger partial charge in [0, 0.05) is 11.3 Å². The fraction of sp³-hybridized carbons (Fsp3) is 0.450. The number of amides is 1. The number of nitrogens with zero attached hydrogens (tertiary/aromatic N) is 2. The van der Waals surface area contributed by atoms with Crippen LogP contribution in [-0.2, 0) is 10.2 Å². The van der Waals surface area contributed by atoms with Gasteiger partial charge in [0.25, 0.3) is 0 Å². The van der Waals surface area contributed by atoms with E-state index in [1.54, 1.807) is 18.2 Å². The molecule has 0 atom stereocenters. The van der Waals surface area contributed by atoms with Gasteiger partial charge >= 0.3 is 12.6 Å². The summed E-state index contributed by atoms with van der Waals surface area (Å²) in [5.74, 6) is 0.0125. The normalized spacial score (nSPS) is 18.8. The SMILES string of the molecule is C=Cc1ccc(OC(F)F)c(OC2CC(C(=O)Nc3nnc(C(C)(C)C)o3)C2)c1. The minimum Gasteiger partial charge on any atom is -0.486 e. The lowest BCUT2D eigenvalue weighted by molar-refractivity contribution is -0.125. The first-order valence-corrected chi connectivity index (χ1v) is 9.18. The van der Waals surface area contributed by atoms with E-state index in [4.69, 9.17) is 9.15 Å². The van der Waals surface area contributed by atoms with Crippen molar-refractivity contribution in [3.63, 3.8) is 0 Å². The average molecular weight is 407 g/mol. The summed E-state index contributed by atoms with van der Waals surface area (Å²) in [4.78, 5) is 12.3. The number of nitrogens with one attached hydrogen (secondary N) is 1. The fourth-order valence-electron chi connectivity index (χ4n) is 2.78. The highest BCUT2D eigenvalue weighted by Gasteiger charge is 2.37. The summed E-state index contributed by atoms with van der Waals surface area (Å²) >= 11 is 0. The second kappa shape index (κ2) is 8.18. The first kappa shape index (κ1) is 20.8. The van der Waals surface area contributed by atoms with Crippen molar-refractivity contribution < 1.29 is 27.5 Å². The Labute approximate surface area is 167 Å². The first-order valence-electron chi connectivity index (χ1n) is 9.18. The standard InChI is InChI=1S/C20H23F2N3O4/c1-5-11-6-7-14(28-18(21)22)15(8-11)27-13-9-12(10-13)16(26)23-19-25-24-17(29-19)20(2,3)4/h5-8,12-13,18H,1,9-10H2,2-4H3,(H,23,25,26). The van der Waals surface area contributed by atoms with E-state index in [1.165, 1.54) is 6.07 Å². The molecule has 0 aliphatic heterocycles. The summed E-state index contributed by atoms with van der Waals surface area (Å²) in [6, 6.07) is 4.63. The predicted octanol–water partition coefficient (Wildman–Crippen LogP) is 4.41. The summed E-state index contributed by atoms with van der Waals surface area (Å²) in [5, 5.41) is 10.4. The van der Waals surface area contributed by atoms with Gasteiger partial charge in [0.1, 0.15) is 6.10 Å². The maximum Gasteiger partial charge on any atom is 0.387 e. The van der Waals surface area contributed by atoms with E-state index < -0.39 is 6.61 Å². The molecule has 156 valence electrons. The smallest absolute Gasteiger partial charge is 0.387 e. The quantitative estimate of drug-likeness (QED) is 0.732. The van der Waals surface area contributed by atoms with Crippen LogP contribution in [0.15, 0.2) is 29.2 Å². The van der Waals surface area contributed by atoms with Crippen LogP contribution >= 0.6 is 0 Å². The molecule has 0 bridgehead atoms. The summed E-state index contributed by atoms with van der Waals surface area (Å²) in [6.45, 7) is 6.46. The lowest BCUT2D eigenvalue weighted by atomic mass is 9.81. The van der Waals surface area contributed by atoms with Crippen LogP contribution in [0.3, 0.4) is 0 Å². The topological polar surface area (TPSA) is 86.5 Å². The molecule has 1 amide bonds. The van der Waals surface area contributed by atoms with Gasteiger partial charge in [0.2, 0.25) is 11.8 Å². The number of alkyl halides is 2. The van der Waals surface area contributed by atoms with Crippen molar-refractivity contribution in [3.05, 3.63) is 36.2 Å². The maximum absolute atomic E-state index is 12.6. The number of aromatic nitrogens is 2. The van der Waals surface area contributed by atoms with Crippen LogP contribution < -0.4 is 14.8 Å². The third kappa shape index (κ3) is 5.10. The average Bonchev–Trinajstić information content (AvgIpc) is 3.07. The van der Waals surface area contributed by atoms with Gasteiger partial charge < -0.3 is 13.9 Å². The Kier molecular flexibility index (Phi) is 5.86. The molecule has 2 aromatic rings. The molecule has 9 heteroatoms. The number of halogens is 2. The molecular weight excluding hydrogens is 384 g/mol. The predicted molar refractivity (Wildman–Crippen MR) is 102 cm³/mol. The lowest BCUT2D eigenvalue weighted by Crippen LogP contribution is -2.41. The molecule has 3 rings (SSSR count). The summed E-state index contributed by atoms with van der Waals surface area (Å²) in [7, 11) is 0. The van der Waals surface area contributed by atoms with Crippen molar-refractivity contribution in [1.29, 1.82) is 0 Å². The molecule has 1 N–H and O–H groups in total. The zero-order valence-corrected chi connectivity index (χ0v) is 16.4. The van der Waals surface area contributed by atoms with E-state index in [0.717, 1.165) is 0 Å². The molecule has 0 saturated heterocycles. The lowest BCUT2D eigenvalue weighted by Gasteiger charge is -2.34. The molecule has 29 heavy (non-hydrogen) atoms. The third-order valence-corrected chi connectivity index (χ3v) is 4.48. The Morgan fingerprint density at radius 2 is 2.03 bits per heavy atom. The van der Waals surface area contributed by atoms with Crippen molar-refractivity contribution in [3.8, 4) is 11.5 Å². The Bertz CT molecular complexity index is 886. The van der Waals surface area contributed by atoms with Gasteiger partial charge in [0.15, 0.2) is 11.5 Å². The number of ether oxygens (including phenoxy) is 2. The number of hydrogen-bond acceptors (Lipinski definition) is 6. The zero-order valence-electron chi connectivity index (χ0n) is 16.4. The Morgan fingerprint density at radius 3 is 2.62 bits per heavy atom. The third-order valence-electron chi connectivity index (χ3n) is 4.48. The second-order valence-electron chi connectivity index (χ2n) is 7.85. The molecule has 7 nitrogen and oxygen atoms in total. The highest BCUT2D eigenvalue weighted by molar-refractivity contribution is 5.91. The van der Waals surface area contributed by atoms with Crippen LogP contribution in [0.25, 0.3) is 6.08 Å². The Morgan fingerprint density at radius 1 is 1.31 bits per heavy atom. The molecule has 1 fully saturated rings. The number of carbonyl (C=O) groups is 1. The summed E-state index contributed by atoms with van der Waals surface area (Å²) in [6.07, 6.45) is 2.14. The van der Waals surface area contributed by atoms with Crippen LogP contribution in [0, 0.1) is 5.92 Å². The van der Waals surface area contributed by atoms with Crippen molar-refractivity contribution in [1.82, 2.24) is 10.2 Å². The van der Waals surface area contributed by atoms with E-state index in [0.29, 0.717) is 24.3 Å². The minimum absolute atomic E-state index is 0.0515. The Balaban J connectivity index is 1.56. The second-order valence-corrected chi connectivity index (χ2v) is 7.85. The molecule has 1 aromatic heterocycles. The number of anilines is 1. The van der Waals surface area contributed by atoms with E-state index in [2.05, 4.69) is 26.8 Å². The van der Waals surface area contributed by atoms with E-state index >= 15 is 0 Å². The number of carbonyl (C=O) groups excluding carboxylic acids is 1. The fourth-order valence-corrected chi connectivity index (χ4v) is 2.78. The van der Waals surface area contributed by atoms with E-state index in [-0.39, 0.29) is 40.9 Å². The van der Waals surface area contributed by atoms with Gasteiger partial charge in [-0.2, -0.15) is 8.78 Å². The van der Waals surface area contributed by atoms with E-state index in [9.17, 15) is 13.6 Å². The number of benzene rings is 1. The van der Waals surface area contributed by atoms with Crippen molar-refractivity contribution in [2.45, 2.75) is 51.7 Å². The van der Waals surface area contributed by atoms with E-state index in [1.807, 2.05) is 20.8 Å². The van der Waals surface area contributed by atoms with Gasteiger partial charge in [-0.05, 0) is 30.5 Å². The van der Waals surface area contributed by atoms with Crippen LogP contribution in [0.4, 0.5) is 14.8 Å². The van der Waals surface area contributed by atoms with Gasteiger partial charge in [0.05, 0.1) is 0 Å². The number of rotatable bonds is 7. The highest BCUT2D eigenvalue weighted by Crippen LogP contribution is 2.37. The molecular formula is C20H23F2N3O4. The molecule has 0 unspecified atom stereocenters. The molecule has 1 aromatic carbocycles. The highest BCUT2D eigenvalue weighted by atomic mass is 19.3. The van der Waals surface area contributed by atoms with Crippen LogP contribution in [0.5, 0.6) is 11.5 Å². The molecule has 0 radical (unpaired) electrons. The van der Waals surface area contributed by atoms with Gasteiger partial charge in [-0.1, -0.05) is 44.6 Å². The van der Waals surface area contributed by atoms with Gasteiger partial charge in [-0.15, -0.1) is 5.10 Å². The zero-order chi connectivity index (χ0) is 21.2. The van der Waals surface area contributed by atoms with Crippen LogP contribution in [0.2, 0.25) is 0 Å². The molecule has 1 heterocycles.